The first-order valence-electron chi connectivity index (χ1n) is 14.1. The largest absolute Gasteiger partial charge is 0.457 e. The van der Waals surface area contributed by atoms with Crippen molar-refractivity contribution in [3.8, 4) is 28.8 Å². The van der Waals surface area contributed by atoms with Crippen LogP contribution in [0.25, 0.3) is 11.3 Å². The van der Waals surface area contributed by atoms with E-state index in [1.165, 1.54) is 10.6 Å². The minimum Gasteiger partial charge on any atom is -0.457 e. The predicted molar refractivity (Wildman–Crippen MR) is 159 cm³/mol. The van der Waals surface area contributed by atoms with Gasteiger partial charge in [0.2, 0.25) is 0 Å². The SMILES string of the molecule is Cc1ccc(Cn2c(-c3ccc(Oc4cccc(C(=O)N5CCCC(O)C5)c4)cc3)cc(C(F)(F)F)c(C#N)c2=O)c(C)c1. The Balaban J connectivity index is 1.47. The van der Waals surface area contributed by atoms with Crippen LogP contribution in [0.15, 0.2) is 77.6 Å². The third-order valence-corrected chi connectivity index (χ3v) is 7.69. The number of carbonyl (C=O) groups is 1. The lowest BCUT2D eigenvalue weighted by atomic mass is 10.0. The van der Waals surface area contributed by atoms with E-state index >= 15 is 0 Å². The molecule has 1 fully saturated rings. The van der Waals surface area contributed by atoms with Crippen molar-refractivity contribution in [1.29, 1.82) is 5.26 Å². The molecule has 1 amide bonds. The maximum atomic E-state index is 14.0. The van der Waals surface area contributed by atoms with Crippen LogP contribution in [0.3, 0.4) is 0 Å². The summed E-state index contributed by atoms with van der Waals surface area (Å²) in [6, 6.07) is 20.7. The number of amides is 1. The Morgan fingerprint density at radius 3 is 2.45 bits per heavy atom. The zero-order chi connectivity index (χ0) is 31.6. The summed E-state index contributed by atoms with van der Waals surface area (Å²) < 4.78 is 49.0. The van der Waals surface area contributed by atoms with Crippen molar-refractivity contribution in [2.75, 3.05) is 13.1 Å². The van der Waals surface area contributed by atoms with E-state index in [-0.39, 0.29) is 24.7 Å². The Morgan fingerprint density at radius 1 is 1.05 bits per heavy atom. The maximum absolute atomic E-state index is 14.0. The van der Waals surface area contributed by atoms with Crippen molar-refractivity contribution in [3.05, 3.63) is 117 Å². The molecule has 0 bridgehead atoms. The van der Waals surface area contributed by atoms with Crippen molar-refractivity contribution < 1.29 is 27.8 Å². The van der Waals surface area contributed by atoms with Crippen LogP contribution in [-0.2, 0) is 12.7 Å². The number of benzene rings is 3. The smallest absolute Gasteiger partial charge is 0.417 e. The van der Waals surface area contributed by atoms with E-state index in [0.717, 1.165) is 29.2 Å². The van der Waals surface area contributed by atoms with Gasteiger partial charge >= 0.3 is 6.18 Å². The first kappa shape index (κ1) is 30.6. The van der Waals surface area contributed by atoms with Crippen LogP contribution in [0.1, 0.15) is 51.0 Å². The number of aliphatic hydroxyl groups is 1. The summed E-state index contributed by atoms with van der Waals surface area (Å²) in [6.07, 6.45) is -4.08. The van der Waals surface area contributed by atoms with E-state index in [9.17, 15) is 33.1 Å². The number of aryl methyl sites for hydroxylation is 2. The molecular weight excluding hydrogens is 571 g/mol. The van der Waals surface area contributed by atoms with Crippen molar-refractivity contribution in [2.45, 2.75) is 45.5 Å². The van der Waals surface area contributed by atoms with Crippen molar-refractivity contribution in [1.82, 2.24) is 9.47 Å². The molecule has 3 aromatic carbocycles. The topological polar surface area (TPSA) is 95.6 Å². The molecule has 1 aliphatic rings. The highest BCUT2D eigenvalue weighted by Crippen LogP contribution is 2.35. The second-order valence-electron chi connectivity index (χ2n) is 11.0. The maximum Gasteiger partial charge on any atom is 0.417 e. The van der Waals surface area contributed by atoms with Gasteiger partial charge in [-0.3, -0.25) is 9.59 Å². The van der Waals surface area contributed by atoms with Gasteiger partial charge in [-0.2, -0.15) is 18.4 Å². The second-order valence-corrected chi connectivity index (χ2v) is 11.0. The molecular formula is C34H30F3N3O4. The lowest BCUT2D eigenvalue weighted by Crippen LogP contribution is -2.42. The van der Waals surface area contributed by atoms with Gasteiger partial charge in [0.1, 0.15) is 23.1 Å². The van der Waals surface area contributed by atoms with Crippen molar-refractivity contribution in [3.63, 3.8) is 0 Å². The number of hydrogen-bond acceptors (Lipinski definition) is 5. The molecule has 1 N–H and O–H groups in total. The number of halogens is 3. The fraction of sp³-hybridized carbons (Fsp3) is 0.265. The summed E-state index contributed by atoms with van der Waals surface area (Å²) in [5.41, 5.74) is 0.0459. The van der Waals surface area contributed by atoms with E-state index in [0.29, 0.717) is 35.6 Å². The summed E-state index contributed by atoms with van der Waals surface area (Å²) in [7, 11) is 0. The second kappa shape index (κ2) is 12.4. The van der Waals surface area contributed by atoms with E-state index in [1.807, 2.05) is 32.0 Å². The van der Waals surface area contributed by atoms with Gasteiger partial charge in [0.15, 0.2) is 0 Å². The Labute approximate surface area is 252 Å². The highest BCUT2D eigenvalue weighted by atomic mass is 19.4. The quantitative estimate of drug-likeness (QED) is 0.274. The Hall–Kier alpha value is -4.88. The minimum absolute atomic E-state index is 0.00385. The molecule has 0 saturated carbocycles. The highest BCUT2D eigenvalue weighted by Gasteiger charge is 2.36. The number of aromatic nitrogens is 1. The normalized spacial score (nSPS) is 15.1. The molecule has 1 saturated heterocycles. The van der Waals surface area contributed by atoms with Crippen LogP contribution in [-0.4, -0.2) is 39.7 Å². The van der Waals surface area contributed by atoms with Gasteiger partial charge < -0.3 is 19.3 Å². The molecule has 1 atom stereocenters. The molecule has 2 heterocycles. The Morgan fingerprint density at radius 2 is 1.80 bits per heavy atom. The third-order valence-electron chi connectivity index (χ3n) is 7.69. The highest BCUT2D eigenvalue weighted by molar-refractivity contribution is 5.94. The molecule has 0 radical (unpaired) electrons. The number of nitriles is 1. The number of ether oxygens (including phenoxy) is 1. The average molecular weight is 602 g/mol. The number of rotatable bonds is 6. The number of alkyl halides is 3. The molecule has 4 aromatic rings. The molecule has 0 spiro atoms. The summed E-state index contributed by atoms with van der Waals surface area (Å²) >= 11 is 0. The standard InChI is InChI=1S/C34H30F3N3O4/c1-21-8-9-25(22(2)15-21)19-40-31(17-30(34(35,36)37)29(18-38)33(40)43)23-10-12-27(13-11-23)44-28-7-3-5-24(16-28)32(42)39-14-4-6-26(41)20-39/h3,5,7-13,15-17,26,41H,4,6,14,19-20H2,1-2H3. The monoisotopic (exact) mass is 601 g/mol. The number of carbonyl (C=O) groups excluding carboxylic acids is 1. The molecule has 5 rings (SSSR count). The molecule has 10 heteroatoms. The van der Waals surface area contributed by atoms with Crippen LogP contribution in [0.4, 0.5) is 13.2 Å². The van der Waals surface area contributed by atoms with Crippen LogP contribution in [0.2, 0.25) is 0 Å². The predicted octanol–water partition coefficient (Wildman–Crippen LogP) is 6.46. The molecule has 1 aromatic heterocycles. The summed E-state index contributed by atoms with van der Waals surface area (Å²) in [5.74, 6) is 0.526. The number of piperidine rings is 1. The van der Waals surface area contributed by atoms with E-state index in [4.69, 9.17) is 4.74 Å². The summed E-state index contributed by atoms with van der Waals surface area (Å²) in [4.78, 5) is 27.9. The third kappa shape index (κ3) is 6.53. The first-order valence-corrected chi connectivity index (χ1v) is 14.1. The number of pyridine rings is 1. The molecule has 0 aliphatic carbocycles. The fourth-order valence-corrected chi connectivity index (χ4v) is 5.41. The number of aliphatic hydroxyl groups excluding tert-OH is 1. The molecule has 1 aliphatic heterocycles. The molecule has 44 heavy (non-hydrogen) atoms. The number of likely N-dealkylation sites (tertiary alicyclic amines) is 1. The number of nitrogens with zero attached hydrogens (tertiary/aromatic N) is 3. The molecule has 226 valence electrons. The van der Waals surface area contributed by atoms with E-state index < -0.39 is 29.0 Å². The van der Waals surface area contributed by atoms with Crippen LogP contribution >= 0.6 is 0 Å². The van der Waals surface area contributed by atoms with Crippen LogP contribution in [0.5, 0.6) is 11.5 Å². The summed E-state index contributed by atoms with van der Waals surface area (Å²) in [5, 5.41) is 19.4. The van der Waals surface area contributed by atoms with Crippen LogP contribution < -0.4 is 10.3 Å². The lowest BCUT2D eigenvalue weighted by Gasteiger charge is -2.30. The lowest BCUT2D eigenvalue weighted by molar-refractivity contribution is -0.137. The van der Waals surface area contributed by atoms with Crippen molar-refractivity contribution >= 4 is 5.91 Å². The van der Waals surface area contributed by atoms with Gasteiger partial charge in [-0.25, -0.2) is 0 Å². The molecule has 1 unspecified atom stereocenters. The Kier molecular flexibility index (Phi) is 8.61. The minimum atomic E-state index is -4.91. The zero-order valence-electron chi connectivity index (χ0n) is 24.2. The fourth-order valence-electron chi connectivity index (χ4n) is 5.41. The first-order chi connectivity index (χ1) is 20.9. The van der Waals surface area contributed by atoms with Crippen molar-refractivity contribution in [2.24, 2.45) is 0 Å². The average Bonchev–Trinajstić information content (AvgIpc) is 2.99. The van der Waals surface area contributed by atoms with Gasteiger partial charge in [-0.15, -0.1) is 0 Å². The number of β-amino-alcohol motifs (C(OH)–C–C–N with tert-alkyl or cyclic N) is 1. The van der Waals surface area contributed by atoms with Gasteiger partial charge in [0.05, 0.1) is 23.9 Å². The van der Waals surface area contributed by atoms with Gasteiger partial charge in [-0.05, 0) is 91.9 Å². The van der Waals surface area contributed by atoms with Gasteiger partial charge in [0.25, 0.3) is 11.5 Å². The van der Waals surface area contributed by atoms with Crippen LogP contribution in [0, 0.1) is 25.2 Å². The van der Waals surface area contributed by atoms with E-state index in [1.54, 1.807) is 53.4 Å². The summed E-state index contributed by atoms with van der Waals surface area (Å²) in [6.45, 7) is 4.57. The number of hydrogen-bond donors (Lipinski definition) is 1. The Bertz CT molecular complexity index is 1810. The van der Waals surface area contributed by atoms with E-state index in [2.05, 4.69) is 0 Å². The zero-order valence-corrected chi connectivity index (χ0v) is 24.2. The van der Waals surface area contributed by atoms with Gasteiger partial charge in [0, 0.05) is 18.7 Å². The molecule has 7 nitrogen and oxygen atoms in total. The van der Waals surface area contributed by atoms with Gasteiger partial charge in [-0.1, -0.05) is 29.8 Å².